The fourth-order valence-electron chi connectivity index (χ4n) is 2.45. The molecule has 0 aromatic heterocycles. The standard InChI is InChI=1S/C16H24O2/c1-4-6-13-7-9-15(10-8-13)16-17-11-14(5-2)12(3)18-16/h7-10,12,14,16H,4-6,11H2,1-3H3. The van der Waals surface area contributed by atoms with E-state index in [1.807, 2.05) is 0 Å². The van der Waals surface area contributed by atoms with Gasteiger partial charge in [-0.3, -0.25) is 0 Å². The summed E-state index contributed by atoms with van der Waals surface area (Å²) in [6, 6.07) is 8.63. The lowest BCUT2D eigenvalue weighted by Crippen LogP contribution is -2.33. The van der Waals surface area contributed by atoms with Crippen LogP contribution < -0.4 is 0 Å². The SMILES string of the molecule is CCCc1ccc(C2OCC(CC)C(C)O2)cc1. The zero-order valence-electron chi connectivity index (χ0n) is 11.7. The normalized spacial score (nSPS) is 28.3. The number of ether oxygens (including phenoxy) is 2. The van der Waals surface area contributed by atoms with Gasteiger partial charge in [-0.2, -0.15) is 0 Å². The van der Waals surface area contributed by atoms with Crippen LogP contribution in [0.3, 0.4) is 0 Å². The maximum Gasteiger partial charge on any atom is 0.184 e. The van der Waals surface area contributed by atoms with Crippen molar-refractivity contribution >= 4 is 0 Å². The van der Waals surface area contributed by atoms with Crippen molar-refractivity contribution in [3.63, 3.8) is 0 Å². The molecule has 1 fully saturated rings. The molecule has 3 atom stereocenters. The van der Waals surface area contributed by atoms with Crippen LogP contribution in [0.2, 0.25) is 0 Å². The largest absolute Gasteiger partial charge is 0.348 e. The molecule has 1 heterocycles. The van der Waals surface area contributed by atoms with E-state index in [9.17, 15) is 0 Å². The van der Waals surface area contributed by atoms with E-state index in [1.165, 1.54) is 12.0 Å². The average molecular weight is 248 g/mol. The molecule has 100 valence electrons. The molecule has 1 saturated heterocycles. The molecule has 0 N–H and O–H groups in total. The highest BCUT2D eigenvalue weighted by molar-refractivity contribution is 5.23. The lowest BCUT2D eigenvalue weighted by Gasteiger charge is -2.34. The second-order valence-electron chi connectivity index (χ2n) is 5.17. The minimum atomic E-state index is -0.182. The minimum absolute atomic E-state index is 0.182. The summed E-state index contributed by atoms with van der Waals surface area (Å²) in [5, 5.41) is 0. The molecular weight excluding hydrogens is 224 g/mol. The van der Waals surface area contributed by atoms with Gasteiger partial charge in [0.2, 0.25) is 0 Å². The van der Waals surface area contributed by atoms with Gasteiger partial charge in [-0.1, -0.05) is 44.5 Å². The van der Waals surface area contributed by atoms with Crippen LogP contribution in [0.25, 0.3) is 0 Å². The molecule has 0 spiro atoms. The number of hydrogen-bond acceptors (Lipinski definition) is 2. The lowest BCUT2D eigenvalue weighted by molar-refractivity contribution is -0.236. The molecule has 0 bridgehead atoms. The van der Waals surface area contributed by atoms with E-state index in [-0.39, 0.29) is 12.4 Å². The zero-order chi connectivity index (χ0) is 13.0. The summed E-state index contributed by atoms with van der Waals surface area (Å²) in [5.74, 6) is 0.528. The van der Waals surface area contributed by atoms with Crippen molar-refractivity contribution in [2.45, 2.75) is 52.4 Å². The minimum Gasteiger partial charge on any atom is -0.348 e. The van der Waals surface area contributed by atoms with E-state index in [0.717, 1.165) is 25.0 Å². The van der Waals surface area contributed by atoms with Gasteiger partial charge in [0.25, 0.3) is 0 Å². The predicted octanol–water partition coefficient (Wildman–Crippen LogP) is 4.10. The predicted molar refractivity (Wildman–Crippen MR) is 73.5 cm³/mol. The fraction of sp³-hybridized carbons (Fsp3) is 0.625. The van der Waals surface area contributed by atoms with Crippen LogP contribution in [-0.4, -0.2) is 12.7 Å². The first kappa shape index (κ1) is 13.6. The van der Waals surface area contributed by atoms with E-state index < -0.39 is 0 Å². The zero-order valence-corrected chi connectivity index (χ0v) is 11.7. The second-order valence-corrected chi connectivity index (χ2v) is 5.17. The summed E-state index contributed by atoms with van der Waals surface area (Å²) in [6.45, 7) is 7.34. The van der Waals surface area contributed by atoms with Gasteiger partial charge >= 0.3 is 0 Å². The highest BCUT2D eigenvalue weighted by Gasteiger charge is 2.28. The molecule has 1 aromatic rings. The second kappa shape index (κ2) is 6.35. The van der Waals surface area contributed by atoms with Gasteiger partial charge in [-0.15, -0.1) is 0 Å². The van der Waals surface area contributed by atoms with E-state index in [2.05, 4.69) is 45.0 Å². The van der Waals surface area contributed by atoms with Gasteiger partial charge in [0.15, 0.2) is 6.29 Å². The molecule has 0 radical (unpaired) electrons. The third kappa shape index (κ3) is 3.12. The van der Waals surface area contributed by atoms with Crippen molar-refractivity contribution in [1.82, 2.24) is 0 Å². The molecule has 2 nitrogen and oxygen atoms in total. The van der Waals surface area contributed by atoms with Crippen LogP contribution in [0.1, 0.15) is 51.0 Å². The molecule has 0 aliphatic carbocycles. The summed E-state index contributed by atoms with van der Waals surface area (Å²) < 4.78 is 11.8. The summed E-state index contributed by atoms with van der Waals surface area (Å²) >= 11 is 0. The number of aryl methyl sites for hydroxylation is 1. The molecule has 18 heavy (non-hydrogen) atoms. The van der Waals surface area contributed by atoms with Crippen molar-refractivity contribution < 1.29 is 9.47 Å². The Hall–Kier alpha value is -0.860. The van der Waals surface area contributed by atoms with Crippen LogP contribution in [0, 0.1) is 5.92 Å². The first-order valence-electron chi connectivity index (χ1n) is 7.10. The smallest absolute Gasteiger partial charge is 0.184 e. The topological polar surface area (TPSA) is 18.5 Å². The Morgan fingerprint density at radius 1 is 1.17 bits per heavy atom. The maximum atomic E-state index is 5.95. The van der Waals surface area contributed by atoms with Crippen molar-refractivity contribution in [2.75, 3.05) is 6.61 Å². The quantitative estimate of drug-likeness (QED) is 0.798. The van der Waals surface area contributed by atoms with Crippen LogP contribution in [0.4, 0.5) is 0 Å². The molecule has 0 saturated carbocycles. The monoisotopic (exact) mass is 248 g/mol. The molecule has 1 aliphatic heterocycles. The van der Waals surface area contributed by atoms with Gasteiger partial charge in [0, 0.05) is 11.5 Å². The number of rotatable bonds is 4. The van der Waals surface area contributed by atoms with Gasteiger partial charge in [-0.25, -0.2) is 0 Å². The fourth-order valence-corrected chi connectivity index (χ4v) is 2.45. The number of hydrogen-bond donors (Lipinski definition) is 0. The maximum absolute atomic E-state index is 5.95. The Kier molecular flexibility index (Phi) is 4.79. The van der Waals surface area contributed by atoms with Crippen molar-refractivity contribution in [3.05, 3.63) is 35.4 Å². The third-order valence-electron chi connectivity index (χ3n) is 3.78. The Bertz CT molecular complexity index is 358. The summed E-state index contributed by atoms with van der Waals surface area (Å²) in [7, 11) is 0. The first-order chi connectivity index (χ1) is 8.74. The Labute approximate surface area is 110 Å². The van der Waals surface area contributed by atoms with Crippen molar-refractivity contribution in [1.29, 1.82) is 0 Å². The molecule has 2 rings (SSSR count). The van der Waals surface area contributed by atoms with Crippen LogP contribution in [0.15, 0.2) is 24.3 Å². The van der Waals surface area contributed by atoms with Crippen LogP contribution in [-0.2, 0) is 15.9 Å². The van der Waals surface area contributed by atoms with Crippen LogP contribution >= 0.6 is 0 Å². The molecule has 2 heteroatoms. The molecule has 1 aliphatic rings. The van der Waals surface area contributed by atoms with Crippen molar-refractivity contribution in [2.24, 2.45) is 5.92 Å². The van der Waals surface area contributed by atoms with Crippen molar-refractivity contribution in [3.8, 4) is 0 Å². The van der Waals surface area contributed by atoms with E-state index in [4.69, 9.17) is 9.47 Å². The van der Waals surface area contributed by atoms with E-state index in [0.29, 0.717) is 5.92 Å². The molecule has 0 amide bonds. The number of benzene rings is 1. The van der Waals surface area contributed by atoms with Gasteiger partial charge < -0.3 is 9.47 Å². The molecular formula is C16H24O2. The van der Waals surface area contributed by atoms with Gasteiger partial charge in [0.1, 0.15) is 0 Å². The third-order valence-corrected chi connectivity index (χ3v) is 3.78. The Morgan fingerprint density at radius 3 is 2.44 bits per heavy atom. The highest BCUT2D eigenvalue weighted by Crippen LogP contribution is 2.30. The molecule has 1 aromatic carbocycles. The Balaban J connectivity index is 1.99. The summed E-state index contributed by atoms with van der Waals surface area (Å²) in [6.07, 6.45) is 3.54. The van der Waals surface area contributed by atoms with E-state index in [1.54, 1.807) is 0 Å². The van der Waals surface area contributed by atoms with Gasteiger partial charge in [0.05, 0.1) is 12.7 Å². The first-order valence-corrected chi connectivity index (χ1v) is 7.10. The summed E-state index contributed by atoms with van der Waals surface area (Å²) in [4.78, 5) is 0. The lowest BCUT2D eigenvalue weighted by atomic mass is 10.00. The average Bonchev–Trinajstić information content (AvgIpc) is 2.40. The van der Waals surface area contributed by atoms with E-state index >= 15 is 0 Å². The van der Waals surface area contributed by atoms with Crippen LogP contribution in [0.5, 0.6) is 0 Å². The molecule has 3 unspecified atom stereocenters. The van der Waals surface area contributed by atoms with Gasteiger partial charge in [-0.05, 0) is 25.3 Å². The Morgan fingerprint density at radius 2 is 1.89 bits per heavy atom. The summed E-state index contributed by atoms with van der Waals surface area (Å²) in [5.41, 5.74) is 2.52. The highest BCUT2D eigenvalue weighted by atomic mass is 16.7.